The Morgan fingerprint density at radius 2 is 1.91 bits per heavy atom. The number of aromatic nitrogens is 1. The van der Waals surface area contributed by atoms with E-state index in [-0.39, 0.29) is 12.3 Å². The minimum absolute atomic E-state index is 0.0954. The van der Waals surface area contributed by atoms with Crippen molar-refractivity contribution < 1.29 is 4.74 Å². The molecule has 164 valence electrons. The summed E-state index contributed by atoms with van der Waals surface area (Å²) in [6, 6.07) is 18.3. The largest absolute Gasteiger partial charge is 0.482 e. The van der Waals surface area contributed by atoms with Crippen molar-refractivity contribution in [2.75, 3.05) is 0 Å². The van der Waals surface area contributed by atoms with Gasteiger partial charge in [0, 0.05) is 17.1 Å². The summed E-state index contributed by atoms with van der Waals surface area (Å²) in [5.74, 6) is 1.58. The number of hydrogen-bond donors (Lipinski definition) is 1. The number of allylic oxidation sites excluding steroid dienone is 1. The Balaban J connectivity index is 0.00000119. The number of nitrogens with zero attached hydrogens (tertiary/aromatic N) is 4. The molecule has 2 aliphatic heterocycles. The number of benzene rings is 2. The summed E-state index contributed by atoms with van der Waals surface area (Å²) in [5.41, 5.74) is 7.23. The molecular weight excluding hydrogens is 398 g/mol. The zero-order chi connectivity index (χ0) is 22.5. The number of hydrazone groups is 2. The van der Waals surface area contributed by atoms with Crippen molar-refractivity contribution in [1.29, 1.82) is 0 Å². The van der Waals surface area contributed by atoms with Gasteiger partial charge in [0.2, 0.25) is 0 Å². The van der Waals surface area contributed by atoms with Gasteiger partial charge in [-0.25, -0.2) is 5.01 Å². The molecule has 6 nitrogen and oxygen atoms in total. The van der Waals surface area contributed by atoms with Crippen LogP contribution < -0.4 is 10.2 Å². The highest BCUT2D eigenvalue weighted by atomic mass is 16.5. The van der Waals surface area contributed by atoms with Crippen LogP contribution in [0, 0.1) is 6.92 Å². The molecule has 0 saturated heterocycles. The van der Waals surface area contributed by atoms with Crippen LogP contribution in [0.15, 0.2) is 83.1 Å². The number of ether oxygens (including phenoxy) is 1. The summed E-state index contributed by atoms with van der Waals surface area (Å²) < 4.78 is 6.44. The van der Waals surface area contributed by atoms with Crippen molar-refractivity contribution in [3.63, 3.8) is 0 Å². The van der Waals surface area contributed by atoms with E-state index in [4.69, 9.17) is 9.84 Å². The quantitative estimate of drug-likeness (QED) is 0.604. The van der Waals surface area contributed by atoms with Crippen LogP contribution in [0.4, 0.5) is 0 Å². The predicted octanol–water partition coefficient (Wildman–Crippen LogP) is 5.25. The van der Waals surface area contributed by atoms with Gasteiger partial charge in [-0.1, -0.05) is 57.2 Å². The topological polar surface area (TPSA) is 62.1 Å². The summed E-state index contributed by atoms with van der Waals surface area (Å²) in [7, 11) is 0. The van der Waals surface area contributed by atoms with Crippen LogP contribution in [-0.2, 0) is 0 Å². The molecule has 2 aliphatic rings. The second-order valence-electron chi connectivity index (χ2n) is 7.44. The molecule has 0 amide bonds. The van der Waals surface area contributed by atoms with Crippen LogP contribution in [0.2, 0.25) is 0 Å². The van der Waals surface area contributed by atoms with Gasteiger partial charge >= 0.3 is 0 Å². The minimum Gasteiger partial charge on any atom is -0.482 e. The van der Waals surface area contributed by atoms with Crippen LogP contribution in [0.1, 0.15) is 38.3 Å². The van der Waals surface area contributed by atoms with E-state index in [0.29, 0.717) is 0 Å². The van der Waals surface area contributed by atoms with E-state index < -0.39 is 0 Å². The average molecular weight is 428 g/mol. The fraction of sp³-hybridized carbons (Fsp3) is 0.269. The Kier molecular flexibility index (Phi) is 6.50. The van der Waals surface area contributed by atoms with Crippen molar-refractivity contribution in [3.05, 3.63) is 84.1 Å². The summed E-state index contributed by atoms with van der Waals surface area (Å²) >= 11 is 0. The third-order valence-corrected chi connectivity index (χ3v) is 5.32. The maximum absolute atomic E-state index is 6.44. The minimum atomic E-state index is -0.235. The molecule has 32 heavy (non-hydrogen) atoms. The molecule has 0 radical (unpaired) electrons. The first-order chi connectivity index (χ1) is 15.7. The van der Waals surface area contributed by atoms with Crippen LogP contribution >= 0.6 is 0 Å². The van der Waals surface area contributed by atoms with Crippen molar-refractivity contribution in [2.45, 2.75) is 46.4 Å². The molecule has 0 bridgehead atoms. The second-order valence-corrected chi connectivity index (χ2v) is 7.44. The molecule has 6 heteroatoms. The highest BCUT2D eigenvalue weighted by Gasteiger charge is 2.34. The molecule has 1 aromatic heterocycles. The molecule has 3 heterocycles. The molecule has 3 aromatic rings. The number of aryl methyl sites for hydroxylation is 1. The van der Waals surface area contributed by atoms with Gasteiger partial charge in [-0.05, 0) is 49.3 Å². The van der Waals surface area contributed by atoms with Gasteiger partial charge in [-0.3, -0.25) is 10.4 Å². The van der Waals surface area contributed by atoms with E-state index >= 15 is 0 Å². The smallest absolute Gasteiger partial charge is 0.188 e. The number of fused-ring (bicyclic) bond motifs is 2. The van der Waals surface area contributed by atoms with Gasteiger partial charge in [-0.15, -0.1) is 0 Å². The molecular formula is C26H29N5O. The fourth-order valence-corrected chi connectivity index (χ4v) is 3.74. The van der Waals surface area contributed by atoms with Crippen molar-refractivity contribution in [3.8, 4) is 5.75 Å². The van der Waals surface area contributed by atoms with Crippen molar-refractivity contribution in [1.82, 2.24) is 15.4 Å². The van der Waals surface area contributed by atoms with Crippen LogP contribution in [-0.4, -0.2) is 33.8 Å². The first kappa shape index (κ1) is 21.6. The van der Waals surface area contributed by atoms with Gasteiger partial charge in [0.15, 0.2) is 18.1 Å². The third kappa shape index (κ3) is 4.21. The molecule has 0 saturated carbocycles. The molecule has 1 N–H and O–H groups in total. The van der Waals surface area contributed by atoms with E-state index in [0.717, 1.165) is 40.2 Å². The first-order valence-corrected chi connectivity index (χ1v) is 11.2. The summed E-state index contributed by atoms with van der Waals surface area (Å²) in [6.07, 6.45) is 6.32. The molecule has 0 aliphatic carbocycles. The molecule has 2 atom stereocenters. The number of rotatable bonds is 5. The van der Waals surface area contributed by atoms with Gasteiger partial charge in [0.05, 0.1) is 11.2 Å². The van der Waals surface area contributed by atoms with Crippen LogP contribution in [0.5, 0.6) is 5.75 Å². The predicted molar refractivity (Wildman–Crippen MR) is 131 cm³/mol. The monoisotopic (exact) mass is 427 g/mol. The summed E-state index contributed by atoms with van der Waals surface area (Å²) in [5, 5.41) is 12.3. The lowest BCUT2D eigenvalue weighted by molar-refractivity contribution is 0.239. The van der Waals surface area contributed by atoms with E-state index in [1.54, 1.807) is 6.20 Å². The number of hydrogen-bond acceptors (Lipinski definition) is 6. The normalized spacial score (nSPS) is 17.5. The van der Waals surface area contributed by atoms with E-state index in [1.807, 2.05) is 49.2 Å². The molecule has 5 rings (SSSR count). The fourth-order valence-electron chi connectivity index (χ4n) is 3.74. The number of nitrogens with one attached hydrogen (secondary N) is 1. The highest BCUT2D eigenvalue weighted by molar-refractivity contribution is 6.10. The molecule has 2 unspecified atom stereocenters. The van der Waals surface area contributed by atoms with E-state index in [2.05, 4.69) is 65.8 Å². The second kappa shape index (κ2) is 9.64. The molecule has 2 aromatic carbocycles. The van der Waals surface area contributed by atoms with Gasteiger partial charge in [0.1, 0.15) is 5.75 Å². The summed E-state index contributed by atoms with van der Waals surface area (Å²) in [6.45, 7) is 8.16. The van der Waals surface area contributed by atoms with E-state index in [9.17, 15) is 0 Å². The number of pyridine rings is 1. The highest BCUT2D eigenvalue weighted by Crippen LogP contribution is 2.28. The molecule has 0 spiro atoms. The van der Waals surface area contributed by atoms with Gasteiger partial charge < -0.3 is 4.74 Å². The molecule has 0 fully saturated rings. The van der Waals surface area contributed by atoms with E-state index in [1.165, 1.54) is 5.56 Å². The zero-order valence-electron chi connectivity index (χ0n) is 19.0. The lowest BCUT2D eigenvalue weighted by Gasteiger charge is -2.27. The summed E-state index contributed by atoms with van der Waals surface area (Å²) in [4.78, 5) is 4.48. The Morgan fingerprint density at radius 3 is 2.69 bits per heavy atom. The Labute approximate surface area is 189 Å². The zero-order valence-corrected chi connectivity index (χ0v) is 19.0. The Hall–Kier alpha value is -3.67. The Morgan fingerprint density at radius 1 is 1.09 bits per heavy atom. The van der Waals surface area contributed by atoms with Gasteiger partial charge in [-0.2, -0.15) is 10.2 Å². The Bertz CT molecular complexity index is 1170. The van der Waals surface area contributed by atoms with Crippen LogP contribution in [0.25, 0.3) is 10.9 Å². The van der Waals surface area contributed by atoms with Crippen LogP contribution in [0.3, 0.4) is 0 Å². The third-order valence-electron chi connectivity index (χ3n) is 5.32. The SMILES string of the molecule is CC.CCC(Oc1ccnc2cc(C)ccc12)C1=NNC2C=CC(c3ccccc3)=NN12. The maximum atomic E-state index is 6.44. The van der Waals surface area contributed by atoms with Gasteiger partial charge in [0.25, 0.3) is 0 Å². The lowest BCUT2D eigenvalue weighted by atomic mass is 10.1. The standard InChI is InChI=1S/C24H23N5O.C2H6/c1-3-21(30-22-13-14-25-20-15-16(2)9-10-18(20)22)24-27-26-23-12-11-19(28-29(23)24)17-7-5-4-6-8-17;1-2/h4-15,21,23,26H,3H2,1-2H3;1-2H3. The van der Waals surface area contributed by atoms with Crippen molar-refractivity contribution in [2.24, 2.45) is 10.2 Å². The number of amidine groups is 1. The maximum Gasteiger partial charge on any atom is 0.188 e. The lowest BCUT2D eigenvalue weighted by Crippen LogP contribution is -2.43. The van der Waals surface area contributed by atoms with Crippen molar-refractivity contribution >= 4 is 22.5 Å². The first-order valence-electron chi connectivity index (χ1n) is 11.2. The average Bonchev–Trinajstić information content (AvgIpc) is 3.27.